The van der Waals surface area contributed by atoms with E-state index in [4.69, 9.17) is 0 Å². The summed E-state index contributed by atoms with van der Waals surface area (Å²) in [6.45, 7) is 3.85. The molecule has 0 saturated heterocycles. The Balaban J connectivity index is 1.93. The molecule has 0 fully saturated rings. The summed E-state index contributed by atoms with van der Waals surface area (Å²) < 4.78 is 0. The van der Waals surface area contributed by atoms with Gasteiger partial charge in [-0.3, -0.25) is 4.79 Å². The quantitative estimate of drug-likeness (QED) is 0.948. The van der Waals surface area contributed by atoms with Gasteiger partial charge in [-0.15, -0.1) is 0 Å². The van der Waals surface area contributed by atoms with Crippen LogP contribution in [0.25, 0.3) is 0 Å². The van der Waals surface area contributed by atoms with Crippen LogP contribution in [0.15, 0.2) is 54.6 Å². The van der Waals surface area contributed by atoms with E-state index in [0.717, 1.165) is 30.9 Å². The van der Waals surface area contributed by atoms with Crippen molar-refractivity contribution in [2.45, 2.75) is 26.0 Å². The maximum atomic E-state index is 12.3. The smallest absolute Gasteiger partial charge is 0.255 e. The van der Waals surface area contributed by atoms with Crippen LogP contribution in [-0.4, -0.2) is 30.2 Å². The van der Waals surface area contributed by atoms with E-state index in [1.807, 2.05) is 42.5 Å². The van der Waals surface area contributed by atoms with Crippen molar-refractivity contribution in [2.24, 2.45) is 0 Å². The van der Waals surface area contributed by atoms with Gasteiger partial charge in [-0.25, -0.2) is 0 Å². The highest BCUT2D eigenvalue weighted by atomic mass is 16.3. The highest BCUT2D eigenvalue weighted by Gasteiger charge is 2.26. The molecule has 1 aliphatic heterocycles. The number of benzene rings is 2. The summed E-state index contributed by atoms with van der Waals surface area (Å²) in [5, 5.41) is 9.69. The molecule has 4 nitrogen and oxygen atoms in total. The lowest BCUT2D eigenvalue weighted by Crippen LogP contribution is -2.38. The summed E-state index contributed by atoms with van der Waals surface area (Å²) >= 11 is 0. The molecule has 0 radical (unpaired) electrons. The molecule has 120 valence electrons. The van der Waals surface area contributed by atoms with Gasteiger partial charge >= 0.3 is 0 Å². The van der Waals surface area contributed by atoms with E-state index in [-0.39, 0.29) is 5.91 Å². The zero-order valence-corrected chi connectivity index (χ0v) is 13.4. The van der Waals surface area contributed by atoms with Gasteiger partial charge in [0.2, 0.25) is 0 Å². The van der Waals surface area contributed by atoms with E-state index in [2.05, 4.69) is 17.0 Å². The van der Waals surface area contributed by atoms with Crippen LogP contribution < -0.4 is 9.80 Å². The van der Waals surface area contributed by atoms with Crippen molar-refractivity contribution >= 4 is 17.3 Å². The van der Waals surface area contributed by atoms with Crippen LogP contribution in [0.2, 0.25) is 0 Å². The Morgan fingerprint density at radius 3 is 2.39 bits per heavy atom. The van der Waals surface area contributed by atoms with Gasteiger partial charge < -0.3 is 14.9 Å². The summed E-state index contributed by atoms with van der Waals surface area (Å²) in [6.07, 6.45) is -0.108. The number of aliphatic hydroxyl groups is 1. The maximum Gasteiger partial charge on any atom is 0.255 e. The fraction of sp³-hybridized carbons (Fsp3) is 0.316. The van der Waals surface area contributed by atoms with Crippen molar-refractivity contribution in [3.8, 4) is 0 Å². The van der Waals surface area contributed by atoms with Crippen molar-refractivity contribution in [1.29, 1.82) is 0 Å². The minimum atomic E-state index is -0.983. The molecule has 4 heteroatoms. The first-order valence-electron chi connectivity index (χ1n) is 8.04. The largest absolute Gasteiger partial charge is 0.384 e. The Labute approximate surface area is 137 Å². The summed E-state index contributed by atoms with van der Waals surface area (Å²) in [5.74, 6) is -0.237. The third kappa shape index (κ3) is 3.37. The zero-order valence-electron chi connectivity index (χ0n) is 13.4. The average molecular weight is 310 g/mol. The molecule has 0 spiro atoms. The third-order valence-electron chi connectivity index (χ3n) is 4.16. The molecule has 2 aromatic rings. The van der Waals surface area contributed by atoms with Crippen LogP contribution >= 0.6 is 0 Å². The number of rotatable bonds is 3. The SMILES string of the molecule is CC(O)C(=O)N1CCCN(Cc2ccccc2)c2ccccc21. The summed E-state index contributed by atoms with van der Waals surface area (Å²) in [4.78, 5) is 16.4. The molecule has 23 heavy (non-hydrogen) atoms. The van der Waals surface area contributed by atoms with E-state index < -0.39 is 6.10 Å². The Kier molecular flexibility index (Phi) is 4.63. The van der Waals surface area contributed by atoms with Crippen molar-refractivity contribution in [1.82, 2.24) is 0 Å². The Morgan fingerprint density at radius 1 is 1.04 bits per heavy atom. The second kappa shape index (κ2) is 6.84. The standard InChI is InChI=1S/C19H22N2O2/c1-15(22)19(23)21-13-7-12-20(14-16-8-3-2-4-9-16)17-10-5-6-11-18(17)21/h2-6,8-11,15,22H,7,12-14H2,1H3. The van der Waals surface area contributed by atoms with Crippen molar-refractivity contribution in [3.05, 3.63) is 60.2 Å². The number of aliphatic hydroxyl groups excluding tert-OH is 1. The number of carbonyl (C=O) groups excluding carboxylic acids is 1. The fourth-order valence-electron chi connectivity index (χ4n) is 3.04. The number of hydrogen-bond acceptors (Lipinski definition) is 3. The molecule has 1 atom stereocenters. The second-order valence-electron chi connectivity index (χ2n) is 5.92. The lowest BCUT2D eigenvalue weighted by Gasteiger charge is -2.27. The van der Waals surface area contributed by atoms with Crippen LogP contribution in [-0.2, 0) is 11.3 Å². The van der Waals surface area contributed by atoms with Gasteiger partial charge in [0.25, 0.3) is 5.91 Å². The van der Waals surface area contributed by atoms with E-state index in [1.54, 1.807) is 4.90 Å². The maximum absolute atomic E-state index is 12.3. The van der Waals surface area contributed by atoms with Gasteiger partial charge in [0.1, 0.15) is 6.10 Å². The Bertz CT molecular complexity index is 670. The van der Waals surface area contributed by atoms with Crippen LogP contribution in [0.3, 0.4) is 0 Å². The Morgan fingerprint density at radius 2 is 1.70 bits per heavy atom. The van der Waals surface area contributed by atoms with Crippen LogP contribution in [0.1, 0.15) is 18.9 Å². The zero-order chi connectivity index (χ0) is 16.2. The van der Waals surface area contributed by atoms with Crippen LogP contribution in [0.4, 0.5) is 11.4 Å². The molecular formula is C19H22N2O2. The molecule has 1 heterocycles. The lowest BCUT2D eigenvalue weighted by molar-refractivity contribution is -0.125. The number of carbonyl (C=O) groups is 1. The first kappa shape index (κ1) is 15.6. The predicted molar refractivity (Wildman–Crippen MR) is 92.6 cm³/mol. The molecule has 0 aliphatic carbocycles. The van der Waals surface area contributed by atoms with Gasteiger partial charge in [0.15, 0.2) is 0 Å². The molecule has 0 bridgehead atoms. The second-order valence-corrected chi connectivity index (χ2v) is 5.92. The van der Waals surface area contributed by atoms with Crippen LogP contribution in [0, 0.1) is 0 Å². The molecular weight excluding hydrogens is 288 g/mol. The average Bonchev–Trinajstić information content (AvgIpc) is 2.75. The lowest BCUT2D eigenvalue weighted by atomic mass is 10.1. The summed E-state index contributed by atoms with van der Waals surface area (Å²) in [6, 6.07) is 18.3. The summed E-state index contributed by atoms with van der Waals surface area (Å²) in [5.41, 5.74) is 3.17. The normalized spacial score (nSPS) is 15.7. The first-order chi connectivity index (χ1) is 11.2. The van der Waals surface area contributed by atoms with Crippen LogP contribution in [0.5, 0.6) is 0 Å². The topological polar surface area (TPSA) is 43.8 Å². The molecule has 0 saturated carbocycles. The van der Waals surface area contributed by atoms with E-state index in [0.29, 0.717) is 6.54 Å². The number of para-hydroxylation sites is 2. The van der Waals surface area contributed by atoms with E-state index in [1.165, 1.54) is 12.5 Å². The van der Waals surface area contributed by atoms with E-state index >= 15 is 0 Å². The van der Waals surface area contributed by atoms with Crippen molar-refractivity contribution in [3.63, 3.8) is 0 Å². The van der Waals surface area contributed by atoms with Crippen molar-refractivity contribution < 1.29 is 9.90 Å². The monoisotopic (exact) mass is 310 g/mol. The molecule has 3 rings (SSSR count). The Hall–Kier alpha value is -2.33. The van der Waals surface area contributed by atoms with Gasteiger partial charge in [-0.2, -0.15) is 0 Å². The number of amides is 1. The third-order valence-corrected chi connectivity index (χ3v) is 4.16. The minimum Gasteiger partial charge on any atom is -0.384 e. The minimum absolute atomic E-state index is 0.237. The predicted octanol–water partition coefficient (Wildman–Crippen LogP) is 2.81. The highest BCUT2D eigenvalue weighted by molar-refractivity contribution is 5.99. The molecule has 1 aliphatic rings. The molecule has 1 N–H and O–H groups in total. The van der Waals surface area contributed by atoms with Gasteiger partial charge in [-0.1, -0.05) is 42.5 Å². The number of nitrogens with zero attached hydrogens (tertiary/aromatic N) is 2. The number of anilines is 2. The van der Waals surface area contributed by atoms with Crippen molar-refractivity contribution in [2.75, 3.05) is 22.9 Å². The molecule has 2 aromatic carbocycles. The highest BCUT2D eigenvalue weighted by Crippen LogP contribution is 2.33. The molecule has 1 amide bonds. The van der Waals surface area contributed by atoms with Gasteiger partial charge in [0, 0.05) is 19.6 Å². The molecule has 1 unspecified atom stereocenters. The van der Waals surface area contributed by atoms with Gasteiger partial charge in [-0.05, 0) is 31.0 Å². The molecule has 0 aromatic heterocycles. The fourth-order valence-corrected chi connectivity index (χ4v) is 3.04. The summed E-state index contributed by atoms with van der Waals surface area (Å²) in [7, 11) is 0. The first-order valence-corrected chi connectivity index (χ1v) is 8.04. The van der Waals surface area contributed by atoms with E-state index in [9.17, 15) is 9.90 Å². The number of fused-ring (bicyclic) bond motifs is 1. The van der Waals surface area contributed by atoms with Gasteiger partial charge in [0.05, 0.1) is 11.4 Å². The number of hydrogen-bond donors (Lipinski definition) is 1.